The molecule has 2 nitrogen and oxygen atoms in total. The van der Waals surface area contributed by atoms with Crippen molar-refractivity contribution in [3.63, 3.8) is 0 Å². The summed E-state index contributed by atoms with van der Waals surface area (Å²) in [6.07, 6.45) is -1.34. The van der Waals surface area contributed by atoms with Gasteiger partial charge >= 0.3 is 0 Å². The van der Waals surface area contributed by atoms with Crippen LogP contribution < -0.4 is 5.56 Å². The summed E-state index contributed by atoms with van der Waals surface area (Å²) in [4.78, 5) is 11.9. The molecule has 0 unspecified atom stereocenters. The van der Waals surface area contributed by atoms with Crippen LogP contribution in [-0.2, 0) is 6.37 Å². The summed E-state index contributed by atoms with van der Waals surface area (Å²) in [5, 5.41) is 0.501. The summed E-state index contributed by atoms with van der Waals surface area (Å²) in [7, 11) is 0. The molecule has 0 aliphatic carbocycles. The zero-order valence-electron chi connectivity index (χ0n) is 13.3. The van der Waals surface area contributed by atoms with E-state index >= 15 is 0 Å². The fourth-order valence-electron chi connectivity index (χ4n) is 1.36. The van der Waals surface area contributed by atoms with Gasteiger partial charge in [0.05, 0.1) is 0 Å². The van der Waals surface area contributed by atoms with E-state index in [4.69, 9.17) is 18.5 Å². The number of halogens is 1. The predicted molar refractivity (Wildman–Crippen MR) is 66.4 cm³/mol. The number of nitrogens with zero attached hydrogens (tertiary/aromatic N) is 1. The first kappa shape index (κ1) is 6.26. The van der Waals surface area contributed by atoms with Gasteiger partial charge in [0, 0.05) is 29.8 Å². The molecule has 0 amide bonds. The molecule has 1 aromatic carbocycles. The van der Waals surface area contributed by atoms with E-state index < -0.39 is 13.2 Å². The number of benzene rings is 1. The molecule has 1 aromatic heterocycles. The van der Waals surface area contributed by atoms with Gasteiger partial charge in [-0.05, 0) is 36.2 Å². The largest absolute Gasteiger partial charge is 0.284 e. The van der Waals surface area contributed by atoms with Crippen LogP contribution in [0.3, 0.4) is 0 Å². The van der Waals surface area contributed by atoms with Gasteiger partial charge in [0.2, 0.25) is 0 Å². The van der Waals surface area contributed by atoms with Gasteiger partial charge in [-0.3, -0.25) is 9.36 Å². The lowest BCUT2D eigenvalue weighted by Crippen LogP contribution is -2.16. The Morgan fingerprint density at radius 3 is 2.75 bits per heavy atom. The Morgan fingerprint density at radius 2 is 2.06 bits per heavy atom. The SMILES string of the molecule is [2H]C([2H])([2H])C([2H])([2H])c1ccc(=O)n(-c2ccc(Cl)cc2)c1. The fourth-order valence-corrected chi connectivity index (χ4v) is 1.49. The number of hydrogen-bond acceptors (Lipinski definition) is 1. The van der Waals surface area contributed by atoms with Crippen LogP contribution in [-0.4, -0.2) is 4.57 Å². The molecular formula is C13H12ClNO. The van der Waals surface area contributed by atoms with Crippen LogP contribution >= 0.6 is 11.6 Å². The van der Waals surface area contributed by atoms with E-state index in [0.29, 0.717) is 10.7 Å². The molecule has 2 rings (SSSR count). The second-order valence-corrected chi connectivity index (χ2v) is 3.66. The number of rotatable bonds is 2. The molecule has 2 aromatic rings. The van der Waals surface area contributed by atoms with Crippen molar-refractivity contribution in [1.82, 2.24) is 4.57 Å². The maximum atomic E-state index is 11.9. The standard InChI is InChI=1S/C13H12ClNO/c1-2-10-3-8-13(16)15(9-10)12-6-4-11(14)5-7-12/h3-9H,2H2,1H3/i1D3,2D2. The Hall–Kier alpha value is -1.54. The lowest BCUT2D eigenvalue weighted by Gasteiger charge is -2.07. The molecular weight excluding hydrogens is 222 g/mol. The van der Waals surface area contributed by atoms with Gasteiger partial charge in [0.15, 0.2) is 0 Å². The maximum absolute atomic E-state index is 11.9. The lowest BCUT2D eigenvalue weighted by atomic mass is 10.2. The molecule has 0 radical (unpaired) electrons. The molecule has 0 bridgehead atoms. The predicted octanol–water partition coefficient (Wildman–Crippen LogP) is 3.05. The van der Waals surface area contributed by atoms with Gasteiger partial charge in [0.25, 0.3) is 5.56 Å². The quantitative estimate of drug-likeness (QED) is 0.788. The van der Waals surface area contributed by atoms with E-state index in [9.17, 15) is 4.79 Å². The number of hydrogen-bond donors (Lipinski definition) is 0. The molecule has 1 heterocycles. The summed E-state index contributed by atoms with van der Waals surface area (Å²) >= 11 is 5.78. The van der Waals surface area contributed by atoms with Crippen LogP contribution in [0.15, 0.2) is 47.4 Å². The third-order valence-corrected chi connectivity index (χ3v) is 2.41. The van der Waals surface area contributed by atoms with Gasteiger partial charge in [-0.15, -0.1) is 0 Å². The van der Waals surface area contributed by atoms with Gasteiger partial charge in [-0.1, -0.05) is 24.5 Å². The minimum Gasteiger partial charge on any atom is -0.284 e. The van der Waals surface area contributed by atoms with Crippen molar-refractivity contribution in [2.75, 3.05) is 0 Å². The molecule has 0 aliphatic heterocycles. The summed E-state index contributed by atoms with van der Waals surface area (Å²) in [5.41, 5.74) is 0.00653. The van der Waals surface area contributed by atoms with Crippen molar-refractivity contribution in [2.45, 2.75) is 13.2 Å². The van der Waals surface area contributed by atoms with Crippen molar-refractivity contribution >= 4 is 11.6 Å². The minimum atomic E-state index is -2.82. The summed E-state index contributed by atoms with van der Waals surface area (Å²) < 4.78 is 38.5. The highest BCUT2D eigenvalue weighted by atomic mass is 35.5. The molecule has 0 saturated heterocycles. The maximum Gasteiger partial charge on any atom is 0.255 e. The molecule has 82 valence electrons. The number of aromatic nitrogens is 1. The average molecular weight is 239 g/mol. The highest BCUT2D eigenvalue weighted by molar-refractivity contribution is 6.30. The first-order valence-corrected chi connectivity index (χ1v) is 5.00. The van der Waals surface area contributed by atoms with Gasteiger partial charge in [-0.2, -0.15) is 0 Å². The van der Waals surface area contributed by atoms with Gasteiger partial charge in [-0.25, -0.2) is 0 Å². The summed E-state index contributed by atoms with van der Waals surface area (Å²) in [6, 6.07) is 8.72. The second kappa shape index (κ2) is 4.54. The minimum absolute atomic E-state index is 0.0861. The molecule has 0 atom stereocenters. The summed E-state index contributed by atoms with van der Waals surface area (Å²) in [6.45, 7) is -2.82. The van der Waals surface area contributed by atoms with Gasteiger partial charge < -0.3 is 0 Å². The first-order valence-electron chi connectivity index (χ1n) is 7.12. The average Bonchev–Trinajstić information content (AvgIpc) is 2.39. The Kier molecular flexibility index (Phi) is 1.77. The van der Waals surface area contributed by atoms with E-state index in [-0.39, 0.29) is 11.1 Å². The van der Waals surface area contributed by atoms with E-state index in [1.807, 2.05) is 0 Å². The third-order valence-electron chi connectivity index (χ3n) is 2.16. The van der Waals surface area contributed by atoms with Crippen molar-refractivity contribution in [3.8, 4) is 5.69 Å². The third kappa shape index (κ3) is 2.17. The van der Waals surface area contributed by atoms with Crippen LogP contribution in [0.4, 0.5) is 0 Å². The van der Waals surface area contributed by atoms with E-state index in [0.717, 1.165) is 6.07 Å². The Morgan fingerprint density at radius 1 is 1.31 bits per heavy atom. The number of aryl methyl sites for hydroxylation is 1. The topological polar surface area (TPSA) is 22.0 Å². The Balaban J connectivity index is 2.58. The van der Waals surface area contributed by atoms with Crippen molar-refractivity contribution in [3.05, 3.63) is 63.5 Å². The zero-order chi connectivity index (χ0) is 15.8. The molecule has 3 heteroatoms. The molecule has 0 spiro atoms. The molecule has 16 heavy (non-hydrogen) atoms. The lowest BCUT2D eigenvalue weighted by molar-refractivity contribution is 0.953. The number of pyridine rings is 1. The fraction of sp³-hybridized carbons (Fsp3) is 0.154. The Bertz CT molecular complexity index is 706. The molecule has 0 fully saturated rings. The van der Waals surface area contributed by atoms with E-state index in [2.05, 4.69) is 0 Å². The zero-order valence-corrected chi connectivity index (χ0v) is 9.03. The van der Waals surface area contributed by atoms with Crippen molar-refractivity contribution < 1.29 is 6.85 Å². The highest BCUT2D eigenvalue weighted by Gasteiger charge is 2.00. The Labute approximate surface area is 106 Å². The molecule has 0 N–H and O–H groups in total. The van der Waals surface area contributed by atoms with E-state index in [1.165, 1.54) is 16.8 Å². The second-order valence-electron chi connectivity index (χ2n) is 3.23. The molecule has 0 aliphatic rings. The van der Waals surface area contributed by atoms with Crippen LogP contribution in [0.1, 0.15) is 19.3 Å². The first-order chi connectivity index (χ1) is 9.63. The van der Waals surface area contributed by atoms with Crippen LogP contribution in [0, 0.1) is 0 Å². The summed E-state index contributed by atoms with van der Waals surface area (Å²) in [5.74, 6) is 0. The highest BCUT2D eigenvalue weighted by Crippen LogP contribution is 2.12. The van der Waals surface area contributed by atoms with Crippen LogP contribution in [0.25, 0.3) is 5.69 Å². The monoisotopic (exact) mass is 238 g/mol. The molecule has 0 saturated carbocycles. The van der Waals surface area contributed by atoms with Gasteiger partial charge in [0.1, 0.15) is 0 Å². The van der Waals surface area contributed by atoms with Crippen molar-refractivity contribution in [2.24, 2.45) is 0 Å². The van der Waals surface area contributed by atoms with Crippen LogP contribution in [0.2, 0.25) is 5.02 Å². The van der Waals surface area contributed by atoms with E-state index in [1.54, 1.807) is 24.3 Å². The van der Waals surface area contributed by atoms with Crippen LogP contribution in [0.5, 0.6) is 0 Å². The normalized spacial score (nSPS) is 16.7. The smallest absolute Gasteiger partial charge is 0.255 e. The van der Waals surface area contributed by atoms with Crippen molar-refractivity contribution in [1.29, 1.82) is 0 Å².